The van der Waals surface area contributed by atoms with Crippen molar-refractivity contribution in [1.29, 1.82) is 0 Å². The summed E-state index contributed by atoms with van der Waals surface area (Å²) in [5.74, 6) is -1.25. The number of esters is 1. The quantitative estimate of drug-likeness (QED) is 0.681. The van der Waals surface area contributed by atoms with Gasteiger partial charge in [-0.15, -0.1) is 0 Å². The minimum absolute atomic E-state index is 0.0566. The summed E-state index contributed by atoms with van der Waals surface area (Å²) < 4.78 is 54.7. The Morgan fingerprint density at radius 1 is 1.32 bits per heavy atom. The van der Waals surface area contributed by atoms with Gasteiger partial charge in [-0.3, -0.25) is 0 Å². The lowest BCUT2D eigenvalue weighted by Gasteiger charge is -2.15. The average Bonchev–Trinajstić information content (AvgIpc) is 2.36. The van der Waals surface area contributed by atoms with Crippen molar-refractivity contribution in [2.24, 2.45) is 0 Å². The molecule has 106 valence electrons. The summed E-state index contributed by atoms with van der Waals surface area (Å²) in [5, 5.41) is 9.52. The molecular weight excluding hydrogens is 268 g/mol. The third-order valence-corrected chi connectivity index (χ3v) is 2.37. The van der Waals surface area contributed by atoms with Crippen LogP contribution in [-0.4, -0.2) is 23.9 Å². The van der Waals surface area contributed by atoms with Crippen molar-refractivity contribution in [3.63, 3.8) is 0 Å². The van der Waals surface area contributed by atoms with Crippen LogP contribution in [0.4, 0.5) is 17.6 Å². The maximum absolute atomic E-state index is 13.5. The number of carbonyl (C=O) groups is 1. The first-order chi connectivity index (χ1) is 8.77. The Bertz CT molecular complexity index is 428. The fraction of sp³-hybridized carbons (Fsp3) is 0.417. The van der Waals surface area contributed by atoms with Gasteiger partial charge in [0.1, 0.15) is 6.10 Å². The Hall–Kier alpha value is -1.63. The monoisotopic (exact) mass is 280 g/mol. The van der Waals surface area contributed by atoms with Gasteiger partial charge in [-0.05, 0) is 24.6 Å². The zero-order valence-corrected chi connectivity index (χ0v) is 9.95. The van der Waals surface area contributed by atoms with E-state index in [9.17, 15) is 27.5 Å². The summed E-state index contributed by atoms with van der Waals surface area (Å²) in [5.41, 5.74) is -1.05. The van der Waals surface area contributed by atoms with Crippen molar-refractivity contribution in [1.82, 2.24) is 0 Å². The molecule has 0 saturated carbocycles. The first-order valence-corrected chi connectivity index (χ1v) is 5.43. The van der Waals surface area contributed by atoms with Gasteiger partial charge in [0.15, 0.2) is 0 Å². The third kappa shape index (κ3) is 3.92. The Kier molecular flexibility index (Phi) is 4.88. The number of carbonyl (C=O) groups excluding carboxylic acids is 1. The SMILES string of the molecule is CCOC(=O)C(F)C(O)c1ccc(C(F)(F)F)cc1. The van der Waals surface area contributed by atoms with Crippen LogP contribution in [0.5, 0.6) is 0 Å². The molecule has 0 aliphatic rings. The molecule has 0 aliphatic heterocycles. The molecule has 2 unspecified atom stereocenters. The molecule has 1 rings (SSSR count). The minimum Gasteiger partial charge on any atom is -0.464 e. The number of benzene rings is 1. The predicted molar refractivity (Wildman–Crippen MR) is 57.9 cm³/mol. The molecule has 1 N–H and O–H groups in total. The van der Waals surface area contributed by atoms with Crippen LogP contribution >= 0.6 is 0 Å². The molecule has 2 atom stereocenters. The zero-order valence-electron chi connectivity index (χ0n) is 9.95. The molecule has 0 aromatic heterocycles. The van der Waals surface area contributed by atoms with Crippen LogP contribution in [0.25, 0.3) is 0 Å². The van der Waals surface area contributed by atoms with Crippen LogP contribution in [0.15, 0.2) is 24.3 Å². The van der Waals surface area contributed by atoms with E-state index < -0.39 is 30.0 Å². The Morgan fingerprint density at radius 3 is 2.26 bits per heavy atom. The predicted octanol–water partition coefficient (Wildman–Crippen LogP) is 2.64. The van der Waals surface area contributed by atoms with E-state index in [-0.39, 0.29) is 12.2 Å². The molecule has 0 aliphatic carbocycles. The summed E-state index contributed by atoms with van der Waals surface area (Å²) >= 11 is 0. The topological polar surface area (TPSA) is 46.5 Å². The average molecular weight is 280 g/mol. The number of halogens is 4. The highest BCUT2D eigenvalue weighted by atomic mass is 19.4. The van der Waals surface area contributed by atoms with Gasteiger partial charge in [0.05, 0.1) is 12.2 Å². The molecule has 1 aromatic carbocycles. The van der Waals surface area contributed by atoms with Crippen molar-refractivity contribution in [2.75, 3.05) is 6.61 Å². The number of aliphatic hydroxyl groups excluding tert-OH is 1. The molecule has 7 heteroatoms. The summed E-state index contributed by atoms with van der Waals surface area (Å²) in [6.45, 7) is 1.41. The van der Waals surface area contributed by atoms with Crippen molar-refractivity contribution < 1.29 is 32.2 Å². The smallest absolute Gasteiger partial charge is 0.416 e. The molecule has 0 radical (unpaired) electrons. The van der Waals surface area contributed by atoms with Crippen molar-refractivity contribution in [3.05, 3.63) is 35.4 Å². The van der Waals surface area contributed by atoms with Gasteiger partial charge in [0, 0.05) is 0 Å². The van der Waals surface area contributed by atoms with E-state index in [1.54, 1.807) is 0 Å². The van der Waals surface area contributed by atoms with Crippen LogP contribution in [-0.2, 0) is 15.7 Å². The third-order valence-electron chi connectivity index (χ3n) is 2.37. The van der Waals surface area contributed by atoms with Gasteiger partial charge in [-0.1, -0.05) is 12.1 Å². The number of hydrogen-bond donors (Lipinski definition) is 1. The summed E-state index contributed by atoms with van der Waals surface area (Å²) in [6.07, 6.45) is -8.71. The normalized spacial score (nSPS) is 14.8. The first kappa shape index (κ1) is 15.4. The standard InChI is InChI=1S/C12H12F4O3/c1-2-19-11(18)9(13)10(17)7-3-5-8(6-4-7)12(14,15)16/h3-6,9-10,17H,2H2,1H3. The van der Waals surface area contributed by atoms with Crippen LogP contribution in [0, 0.1) is 0 Å². The summed E-state index contributed by atoms with van der Waals surface area (Å²) in [7, 11) is 0. The summed E-state index contributed by atoms with van der Waals surface area (Å²) in [6, 6.07) is 3.24. The lowest BCUT2D eigenvalue weighted by molar-refractivity contribution is -0.153. The minimum atomic E-state index is -4.51. The van der Waals surface area contributed by atoms with E-state index in [1.165, 1.54) is 6.92 Å². The lowest BCUT2D eigenvalue weighted by atomic mass is 10.0. The molecule has 19 heavy (non-hydrogen) atoms. The molecule has 1 aromatic rings. The Balaban J connectivity index is 2.83. The highest BCUT2D eigenvalue weighted by Gasteiger charge is 2.32. The van der Waals surface area contributed by atoms with E-state index in [1.807, 2.05) is 0 Å². The molecule has 0 spiro atoms. The Morgan fingerprint density at radius 2 is 1.84 bits per heavy atom. The van der Waals surface area contributed by atoms with Crippen LogP contribution < -0.4 is 0 Å². The van der Waals surface area contributed by atoms with E-state index in [0.717, 1.165) is 12.1 Å². The molecule has 0 amide bonds. The second-order valence-corrected chi connectivity index (χ2v) is 3.72. The number of ether oxygens (including phenoxy) is 1. The second-order valence-electron chi connectivity index (χ2n) is 3.72. The van der Waals surface area contributed by atoms with Gasteiger partial charge in [-0.25, -0.2) is 9.18 Å². The number of hydrogen-bond acceptors (Lipinski definition) is 3. The van der Waals surface area contributed by atoms with Crippen LogP contribution in [0.2, 0.25) is 0 Å². The van der Waals surface area contributed by atoms with E-state index in [0.29, 0.717) is 12.1 Å². The fourth-order valence-corrected chi connectivity index (χ4v) is 1.39. The maximum atomic E-state index is 13.5. The van der Waals surface area contributed by atoms with Gasteiger partial charge in [-0.2, -0.15) is 13.2 Å². The molecule has 3 nitrogen and oxygen atoms in total. The highest BCUT2D eigenvalue weighted by Crippen LogP contribution is 2.30. The molecule has 0 fully saturated rings. The number of aliphatic hydroxyl groups is 1. The van der Waals surface area contributed by atoms with E-state index >= 15 is 0 Å². The van der Waals surface area contributed by atoms with E-state index in [2.05, 4.69) is 4.74 Å². The molecular formula is C12H12F4O3. The lowest BCUT2D eigenvalue weighted by Crippen LogP contribution is -2.26. The fourth-order valence-electron chi connectivity index (χ4n) is 1.39. The maximum Gasteiger partial charge on any atom is 0.416 e. The zero-order chi connectivity index (χ0) is 14.6. The van der Waals surface area contributed by atoms with Crippen LogP contribution in [0.3, 0.4) is 0 Å². The second kappa shape index (κ2) is 6.01. The van der Waals surface area contributed by atoms with Crippen molar-refractivity contribution in [3.8, 4) is 0 Å². The van der Waals surface area contributed by atoms with Crippen molar-refractivity contribution in [2.45, 2.75) is 25.4 Å². The van der Waals surface area contributed by atoms with Crippen molar-refractivity contribution >= 4 is 5.97 Å². The van der Waals surface area contributed by atoms with Gasteiger partial charge in [0.2, 0.25) is 6.17 Å². The molecule has 0 saturated heterocycles. The van der Waals surface area contributed by atoms with Crippen LogP contribution in [0.1, 0.15) is 24.2 Å². The molecule has 0 heterocycles. The van der Waals surface area contributed by atoms with Gasteiger partial charge in [0.25, 0.3) is 0 Å². The number of rotatable bonds is 4. The Labute approximate surface area is 106 Å². The van der Waals surface area contributed by atoms with Gasteiger partial charge >= 0.3 is 12.1 Å². The highest BCUT2D eigenvalue weighted by molar-refractivity contribution is 5.75. The first-order valence-electron chi connectivity index (χ1n) is 5.43. The van der Waals surface area contributed by atoms with E-state index in [4.69, 9.17) is 0 Å². The van der Waals surface area contributed by atoms with Gasteiger partial charge < -0.3 is 9.84 Å². The largest absolute Gasteiger partial charge is 0.464 e. The molecule has 0 bridgehead atoms. The number of alkyl halides is 4. The summed E-state index contributed by atoms with van der Waals surface area (Å²) in [4.78, 5) is 11.0.